The highest BCUT2D eigenvalue weighted by Crippen LogP contribution is 2.26. The van der Waals surface area contributed by atoms with E-state index in [0.29, 0.717) is 6.42 Å². The van der Waals surface area contributed by atoms with Gasteiger partial charge >= 0.3 is 5.97 Å². The van der Waals surface area contributed by atoms with Gasteiger partial charge < -0.3 is 10.5 Å². The summed E-state index contributed by atoms with van der Waals surface area (Å²) in [6.07, 6.45) is 6.36. The number of ether oxygens (including phenoxy) is 1. The van der Waals surface area contributed by atoms with Crippen LogP contribution in [-0.4, -0.2) is 23.8 Å². The molecular formula is C17H25NO4. The van der Waals surface area contributed by atoms with Crippen LogP contribution in [0.3, 0.4) is 0 Å². The first-order valence-electron chi connectivity index (χ1n) is 7.63. The molecule has 0 aromatic rings. The second-order valence-corrected chi connectivity index (χ2v) is 5.96. The zero-order valence-electron chi connectivity index (χ0n) is 13.5. The highest BCUT2D eigenvalue weighted by molar-refractivity contribution is 5.83. The number of Topliss-reactive ketones (excluding diaryl/α,β-unsaturated/α-hetero) is 1. The van der Waals surface area contributed by atoms with Gasteiger partial charge in [-0.1, -0.05) is 30.7 Å². The average molecular weight is 307 g/mol. The third-order valence-corrected chi connectivity index (χ3v) is 3.72. The van der Waals surface area contributed by atoms with Crippen molar-refractivity contribution in [3.05, 3.63) is 23.8 Å². The van der Waals surface area contributed by atoms with Crippen LogP contribution in [0.4, 0.5) is 0 Å². The van der Waals surface area contributed by atoms with Gasteiger partial charge in [0.1, 0.15) is 11.9 Å². The number of hydrogen-bond acceptors (Lipinski definition) is 4. The summed E-state index contributed by atoms with van der Waals surface area (Å²) >= 11 is 0. The number of carbonyl (C=O) groups excluding carboxylic acids is 3. The van der Waals surface area contributed by atoms with Crippen LogP contribution in [0.15, 0.2) is 23.8 Å². The van der Waals surface area contributed by atoms with Crippen LogP contribution < -0.4 is 5.73 Å². The largest absolute Gasteiger partial charge is 0.462 e. The van der Waals surface area contributed by atoms with E-state index >= 15 is 0 Å². The maximum absolute atomic E-state index is 12.2. The predicted octanol–water partition coefficient (Wildman–Crippen LogP) is 2.30. The Labute approximate surface area is 131 Å². The Morgan fingerprint density at radius 3 is 2.68 bits per heavy atom. The molecule has 122 valence electrons. The lowest BCUT2D eigenvalue weighted by molar-refractivity contribution is -0.158. The first-order valence-corrected chi connectivity index (χ1v) is 7.63. The third kappa shape index (κ3) is 6.24. The van der Waals surface area contributed by atoms with Crippen molar-refractivity contribution in [1.82, 2.24) is 0 Å². The summed E-state index contributed by atoms with van der Waals surface area (Å²) in [7, 11) is 0. The molecule has 0 radical (unpaired) electrons. The fourth-order valence-electron chi connectivity index (χ4n) is 2.75. The number of allylic oxidation sites excluding steroid dienone is 4. The molecule has 5 heteroatoms. The van der Waals surface area contributed by atoms with E-state index in [9.17, 15) is 14.4 Å². The Hall–Kier alpha value is -1.91. The van der Waals surface area contributed by atoms with Crippen LogP contribution in [-0.2, 0) is 19.1 Å². The van der Waals surface area contributed by atoms with E-state index in [1.165, 1.54) is 0 Å². The lowest BCUT2D eigenvalue weighted by atomic mass is 9.88. The molecule has 22 heavy (non-hydrogen) atoms. The minimum atomic E-state index is -0.448. The zero-order valence-corrected chi connectivity index (χ0v) is 13.5. The van der Waals surface area contributed by atoms with E-state index < -0.39 is 12.0 Å². The number of primary amides is 1. The molecular weight excluding hydrogens is 282 g/mol. The van der Waals surface area contributed by atoms with Crippen molar-refractivity contribution in [2.45, 2.75) is 52.6 Å². The van der Waals surface area contributed by atoms with Gasteiger partial charge in [-0.25, -0.2) is 0 Å². The van der Waals surface area contributed by atoms with Crippen molar-refractivity contribution in [3.63, 3.8) is 0 Å². The Morgan fingerprint density at radius 2 is 2.09 bits per heavy atom. The van der Waals surface area contributed by atoms with Crippen molar-refractivity contribution in [3.8, 4) is 0 Å². The number of rotatable bonds is 7. The van der Waals surface area contributed by atoms with Crippen LogP contribution in [0.1, 0.15) is 46.5 Å². The molecule has 1 aliphatic rings. The molecule has 1 saturated heterocycles. The molecule has 1 amide bonds. The molecule has 0 aromatic carbocycles. The first kappa shape index (κ1) is 18.1. The predicted molar refractivity (Wildman–Crippen MR) is 83.8 cm³/mol. The van der Waals surface area contributed by atoms with Crippen molar-refractivity contribution >= 4 is 17.7 Å². The van der Waals surface area contributed by atoms with Gasteiger partial charge in [-0.3, -0.25) is 14.4 Å². The molecule has 3 unspecified atom stereocenters. The number of esters is 1. The SMILES string of the molecule is C/C=C\C(C)=C/C(C)C(=O)CC1CC(CC(N)=O)CC(=O)O1. The van der Waals surface area contributed by atoms with Crippen LogP contribution in [0.5, 0.6) is 0 Å². The normalized spacial score (nSPS) is 24.1. The Morgan fingerprint density at radius 1 is 1.41 bits per heavy atom. The molecule has 2 N–H and O–H groups in total. The number of hydrogen-bond donors (Lipinski definition) is 1. The Kier molecular flexibility index (Phi) is 7.02. The molecule has 1 fully saturated rings. The van der Waals surface area contributed by atoms with Gasteiger partial charge in [0.25, 0.3) is 0 Å². The van der Waals surface area contributed by atoms with Gasteiger partial charge in [0.05, 0.1) is 0 Å². The van der Waals surface area contributed by atoms with Crippen molar-refractivity contribution in [2.75, 3.05) is 0 Å². The lowest BCUT2D eigenvalue weighted by Gasteiger charge is -2.28. The highest BCUT2D eigenvalue weighted by Gasteiger charge is 2.31. The monoisotopic (exact) mass is 307 g/mol. The highest BCUT2D eigenvalue weighted by atomic mass is 16.5. The standard InChI is InChI=1S/C17H25NO4/c1-4-5-11(2)6-12(3)15(19)10-14-7-13(8-16(18)20)9-17(21)22-14/h4-6,12-14H,7-10H2,1-3H3,(H2,18,20)/b5-4-,11-6-. The molecule has 5 nitrogen and oxygen atoms in total. The van der Waals surface area contributed by atoms with Crippen LogP contribution in [0, 0.1) is 11.8 Å². The smallest absolute Gasteiger partial charge is 0.306 e. The number of carbonyl (C=O) groups is 3. The van der Waals surface area contributed by atoms with Crippen molar-refractivity contribution in [1.29, 1.82) is 0 Å². The molecule has 0 aromatic heterocycles. The topological polar surface area (TPSA) is 86.5 Å². The van der Waals surface area contributed by atoms with Gasteiger partial charge in [0.2, 0.25) is 5.91 Å². The fraction of sp³-hybridized carbons (Fsp3) is 0.588. The second kappa shape index (κ2) is 8.51. The van der Waals surface area contributed by atoms with E-state index in [4.69, 9.17) is 10.5 Å². The summed E-state index contributed by atoms with van der Waals surface area (Å²) in [4.78, 5) is 34.8. The second-order valence-electron chi connectivity index (χ2n) is 5.96. The van der Waals surface area contributed by atoms with Crippen molar-refractivity contribution in [2.24, 2.45) is 17.6 Å². The molecule has 3 atom stereocenters. The third-order valence-electron chi connectivity index (χ3n) is 3.72. The van der Waals surface area contributed by atoms with E-state index in [2.05, 4.69) is 0 Å². The summed E-state index contributed by atoms with van der Waals surface area (Å²) in [6.45, 7) is 5.69. The molecule has 0 aliphatic carbocycles. The summed E-state index contributed by atoms with van der Waals surface area (Å²) in [5, 5.41) is 0. The lowest BCUT2D eigenvalue weighted by Crippen LogP contribution is -2.34. The summed E-state index contributed by atoms with van der Waals surface area (Å²) in [5.74, 6) is -1.10. The maximum Gasteiger partial charge on any atom is 0.306 e. The summed E-state index contributed by atoms with van der Waals surface area (Å²) in [5.41, 5.74) is 6.20. The first-order chi connectivity index (χ1) is 10.3. The number of amides is 1. The molecule has 0 saturated carbocycles. The molecule has 1 heterocycles. The van der Waals surface area contributed by atoms with E-state index in [1.807, 2.05) is 39.0 Å². The zero-order chi connectivity index (χ0) is 16.7. The van der Waals surface area contributed by atoms with Gasteiger partial charge in [-0.15, -0.1) is 0 Å². The van der Waals surface area contributed by atoms with Crippen LogP contribution in [0.25, 0.3) is 0 Å². The van der Waals surface area contributed by atoms with Gasteiger partial charge in [-0.05, 0) is 26.2 Å². The minimum Gasteiger partial charge on any atom is -0.462 e. The molecule has 1 rings (SSSR count). The van der Waals surface area contributed by atoms with Gasteiger partial charge in [0.15, 0.2) is 0 Å². The quantitative estimate of drug-likeness (QED) is 0.577. The molecule has 1 aliphatic heterocycles. The summed E-state index contributed by atoms with van der Waals surface area (Å²) in [6, 6.07) is 0. The van der Waals surface area contributed by atoms with Gasteiger partial charge in [-0.2, -0.15) is 0 Å². The van der Waals surface area contributed by atoms with Crippen LogP contribution in [0.2, 0.25) is 0 Å². The van der Waals surface area contributed by atoms with E-state index in [0.717, 1.165) is 5.57 Å². The molecule has 0 bridgehead atoms. The van der Waals surface area contributed by atoms with Gasteiger partial charge in [0, 0.05) is 25.2 Å². The average Bonchev–Trinajstić information content (AvgIpc) is 2.36. The van der Waals surface area contributed by atoms with Crippen molar-refractivity contribution < 1.29 is 19.1 Å². The number of nitrogens with two attached hydrogens (primary N) is 1. The Balaban J connectivity index is 2.60. The van der Waals surface area contributed by atoms with Crippen LogP contribution >= 0.6 is 0 Å². The summed E-state index contributed by atoms with van der Waals surface area (Å²) < 4.78 is 5.22. The fourth-order valence-corrected chi connectivity index (χ4v) is 2.75. The number of ketones is 1. The van der Waals surface area contributed by atoms with E-state index in [-0.39, 0.29) is 42.9 Å². The maximum atomic E-state index is 12.2. The number of cyclic esters (lactones) is 1. The Bertz CT molecular complexity index is 491. The minimum absolute atomic E-state index is 0.0291. The molecule has 0 spiro atoms. The van der Waals surface area contributed by atoms with E-state index in [1.54, 1.807) is 0 Å².